The fourth-order valence-corrected chi connectivity index (χ4v) is 1.33. The first-order valence-corrected chi connectivity index (χ1v) is 4.45. The largest absolute Gasteiger partial charge is 0.377 e. The minimum Gasteiger partial charge on any atom is -0.377 e. The summed E-state index contributed by atoms with van der Waals surface area (Å²) in [5.74, 6) is 0. The van der Waals surface area contributed by atoms with Crippen molar-refractivity contribution in [1.82, 2.24) is 4.90 Å². The Morgan fingerprint density at radius 2 is 2.36 bits per heavy atom. The van der Waals surface area contributed by atoms with E-state index in [0.717, 1.165) is 6.42 Å². The molecule has 1 heterocycles. The van der Waals surface area contributed by atoms with Crippen LogP contribution in [0.25, 0.3) is 0 Å². The molecule has 0 aromatic carbocycles. The van der Waals surface area contributed by atoms with Gasteiger partial charge in [0.2, 0.25) is 0 Å². The standard InChI is InChI=1S/C10H17N/c1-2-3-4-5-8-11-9-6-7-10-11/h2,6,9H,1,3-5,7-8,10H2. The molecule has 0 aromatic heterocycles. The molecule has 0 unspecified atom stereocenters. The van der Waals surface area contributed by atoms with Crippen LogP contribution in [0, 0.1) is 0 Å². The van der Waals surface area contributed by atoms with Gasteiger partial charge < -0.3 is 4.90 Å². The average Bonchev–Trinajstić information content (AvgIpc) is 2.50. The second kappa shape index (κ2) is 5.00. The normalized spacial score (nSPS) is 15.8. The lowest BCUT2D eigenvalue weighted by Gasteiger charge is -2.13. The molecule has 1 nitrogen and oxygen atoms in total. The lowest BCUT2D eigenvalue weighted by molar-refractivity contribution is 0.393. The molecule has 0 bridgehead atoms. The Morgan fingerprint density at radius 3 is 3.00 bits per heavy atom. The number of hydrogen-bond donors (Lipinski definition) is 0. The lowest BCUT2D eigenvalue weighted by Crippen LogP contribution is -2.15. The van der Waals surface area contributed by atoms with Crippen molar-refractivity contribution >= 4 is 0 Å². The zero-order valence-electron chi connectivity index (χ0n) is 7.13. The molecule has 0 N–H and O–H groups in total. The van der Waals surface area contributed by atoms with E-state index in [1.54, 1.807) is 0 Å². The molecule has 0 saturated carbocycles. The van der Waals surface area contributed by atoms with E-state index in [-0.39, 0.29) is 0 Å². The maximum absolute atomic E-state index is 3.70. The molecule has 0 aliphatic carbocycles. The number of hydrogen-bond acceptors (Lipinski definition) is 1. The average molecular weight is 151 g/mol. The Hall–Kier alpha value is -0.720. The number of unbranched alkanes of at least 4 members (excludes halogenated alkanes) is 2. The van der Waals surface area contributed by atoms with Crippen molar-refractivity contribution in [1.29, 1.82) is 0 Å². The summed E-state index contributed by atoms with van der Waals surface area (Å²) in [6, 6.07) is 0. The van der Waals surface area contributed by atoms with E-state index in [2.05, 4.69) is 23.8 Å². The highest BCUT2D eigenvalue weighted by Crippen LogP contribution is 2.06. The number of rotatable bonds is 5. The third-order valence-electron chi connectivity index (χ3n) is 2.00. The van der Waals surface area contributed by atoms with Gasteiger partial charge in [0.25, 0.3) is 0 Å². The molecule has 1 heteroatoms. The fourth-order valence-electron chi connectivity index (χ4n) is 1.33. The Balaban J connectivity index is 1.94. The van der Waals surface area contributed by atoms with E-state index in [1.807, 2.05) is 6.08 Å². The van der Waals surface area contributed by atoms with Gasteiger partial charge in [-0.1, -0.05) is 12.2 Å². The van der Waals surface area contributed by atoms with Crippen molar-refractivity contribution in [2.75, 3.05) is 13.1 Å². The summed E-state index contributed by atoms with van der Waals surface area (Å²) >= 11 is 0. The smallest absolute Gasteiger partial charge is 0.0207 e. The van der Waals surface area contributed by atoms with Gasteiger partial charge in [-0.05, 0) is 31.9 Å². The molecule has 1 aliphatic rings. The Kier molecular flexibility index (Phi) is 3.81. The van der Waals surface area contributed by atoms with Crippen molar-refractivity contribution in [2.45, 2.75) is 25.7 Å². The second-order valence-corrected chi connectivity index (χ2v) is 2.99. The lowest BCUT2D eigenvalue weighted by atomic mass is 10.2. The molecule has 0 atom stereocenters. The summed E-state index contributed by atoms with van der Waals surface area (Å²) in [6.07, 6.45) is 11.4. The van der Waals surface area contributed by atoms with Crippen LogP contribution >= 0.6 is 0 Å². The van der Waals surface area contributed by atoms with Crippen molar-refractivity contribution < 1.29 is 0 Å². The first-order chi connectivity index (χ1) is 5.43. The van der Waals surface area contributed by atoms with E-state index in [9.17, 15) is 0 Å². The molecule has 0 aromatic rings. The third-order valence-corrected chi connectivity index (χ3v) is 2.00. The van der Waals surface area contributed by atoms with Gasteiger partial charge in [0.15, 0.2) is 0 Å². The second-order valence-electron chi connectivity index (χ2n) is 2.99. The van der Waals surface area contributed by atoms with Gasteiger partial charge in [0.05, 0.1) is 0 Å². The minimum absolute atomic E-state index is 1.16. The van der Waals surface area contributed by atoms with E-state index in [0.29, 0.717) is 0 Å². The van der Waals surface area contributed by atoms with Crippen LogP contribution in [0.5, 0.6) is 0 Å². The summed E-state index contributed by atoms with van der Waals surface area (Å²) in [7, 11) is 0. The molecule has 62 valence electrons. The van der Waals surface area contributed by atoms with Crippen molar-refractivity contribution in [2.24, 2.45) is 0 Å². The fraction of sp³-hybridized carbons (Fsp3) is 0.600. The SMILES string of the molecule is C=CCCCCN1C=CCC1. The van der Waals surface area contributed by atoms with E-state index in [1.165, 1.54) is 32.4 Å². The highest BCUT2D eigenvalue weighted by Gasteiger charge is 2.01. The molecule has 1 rings (SSSR count). The van der Waals surface area contributed by atoms with Crippen LogP contribution in [0.1, 0.15) is 25.7 Å². The van der Waals surface area contributed by atoms with Gasteiger partial charge in [-0.2, -0.15) is 0 Å². The first-order valence-electron chi connectivity index (χ1n) is 4.45. The Morgan fingerprint density at radius 1 is 1.45 bits per heavy atom. The zero-order valence-corrected chi connectivity index (χ0v) is 7.13. The first kappa shape index (κ1) is 8.38. The van der Waals surface area contributed by atoms with Crippen LogP contribution in [0.2, 0.25) is 0 Å². The summed E-state index contributed by atoms with van der Waals surface area (Å²) < 4.78 is 0. The summed E-state index contributed by atoms with van der Waals surface area (Å²) in [5.41, 5.74) is 0. The van der Waals surface area contributed by atoms with Gasteiger partial charge >= 0.3 is 0 Å². The van der Waals surface area contributed by atoms with Crippen LogP contribution in [0.3, 0.4) is 0 Å². The van der Waals surface area contributed by atoms with E-state index < -0.39 is 0 Å². The molecule has 0 saturated heterocycles. The zero-order chi connectivity index (χ0) is 7.94. The van der Waals surface area contributed by atoms with Crippen molar-refractivity contribution in [3.05, 3.63) is 24.9 Å². The monoisotopic (exact) mass is 151 g/mol. The van der Waals surface area contributed by atoms with Crippen molar-refractivity contribution in [3.63, 3.8) is 0 Å². The Labute approximate surface area is 69.4 Å². The predicted molar refractivity (Wildman–Crippen MR) is 49.4 cm³/mol. The van der Waals surface area contributed by atoms with E-state index in [4.69, 9.17) is 0 Å². The molecule has 0 amide bonds. The van der Waals surface area contributed by atoms with Crippen LogP contribution in [-0.2, 0) is 0 Å². The quantitative estimate of drug-likeness (QED) is 0.431. The summed E-state index contributed by atoms with van der Waals surface area (Å²) in [6.45, 7) is 6.16. The molecule has 11 heavy (non-hydrogen) atoms. The van der Waals surface area contributed by atoms with Crippen LogP contribution < -0.4 is 0 Å². The molecule has 0 spiro atoms. The number of nitrogens with zero attached hydrogens (tertiary/aromatic N) is 1. The highest BCUT2D eigenvalue weighted by molar-refractivity contribution is 4.90. The van der Waals surface area contributed by atoms with Gasteiger partial charge in [0, 0.05) is 13.1 Å². The number of allylic oxidation sites excluding steroid dienone is 1. The topological polar surface area (TPSA) is 3.24 Å². The Bertz CT molecular complexity index is 138. The predicted octanol–water partition coefficient (Wildman–Crippen LogP) is 2.56. The van der Waals surface area contributed by atoms with Gasteiger partial charge in [0.1, 0.15) is 0 Å². The van der Waals surface area contributed by atoms with Gasteiger partial charge in [-0.3, -0.25) is 0 Å². The van der Waals surface area contributed by atoms with Crippen LogP contribution in [0.4, 0.5) is 0 Å². The summed E-state index contributed by atoms with van der Waals surface area (Å²) in [5, 5.41) is 0. The maximum Gasteiger partial charge on any atom is 0.0207 e. The van der Waals surface area contributed by atoms with Gasteiger partial charge in [-0.15, -0.1) is 6.58 Å². The van der Waals surface area contributed by atoms with Crippen molar-refractivity contribution in [3.8, 4) is 0 Å². The minimum atomic E-state index is 1.16. The molecule has 0 fully saturated rings. The maximum atomic E-state index is 3.70. The molecule has 1 aliphatic heterocycles. The van der Waals surface area contributed by atoms with Gasteiger partial charge in [-0.25, -0.2) is 0 Å². The molecular weight excluding hydrogens is 134 g/mol. The van der Waals surface area contributed by atoms with Crippen LogP contribution in [-0.4, -0.2) is 18.0 Å². The summed E-state index contributed by atoms with van der Waals surface area (Å²) in [4.78, 5) is 2.39. The van der Waals surface area contributed by atoms with Crippen LogP contribution in [0.15, 0.2) is 24.9 Å². The highest BCUT2D eigenvalue weighted by atomic mass is 15.1. The third kappa shape index (κ3) is 3.26. The molecule has 0 radical (unpaired) electrons. The molecular formula is C10H17N. The van der Waals surface area contributed by atoms with E-state index >= 15 is 0 Å².